The highest BCUT2D eigenvalue weighted by molar-refractivity contribution is 5.80. The van der Waals surface area contributed by atoms with Gasteiger partial charge in [0, 0.05) is 25.1 Å². The summed E-state index contributed by atoms with van der Waals surface area (Å²) in [5.74, 6) is 1.04. The molecular formula is C20H25FN4O2. The van der Waals surface area contributed by atoms with E-state index < -0.39 is 0 Å². The van der Waals surface area contributed by atoms with E-state index in [-0.39, 0.29) is 5.82 Å². The molecule has 0 radical (unpaired) electrons. The Balaban J connectivity index is 1.33. The van der Waals surface area contributed by atoms with Crippen LogP contribution >= 0.6 is 0 Å². The SMILES string of the molecule is CCNC(=NCCc1coc(-c2ccc(F)cc2)n1)NC1CC2CCC1O2. The van der Waals surface area contributed by atoms with E-state index in [0.717, 1.165) is 36.6 Å². The molecule has 3 heterocycles. The number of aliphatic imine (C=N–C) groups is 1. The van der Waals surface area contributed by atoms with Gasteiger partial charge in [-0.2, -0.15) is 0 Å². The monoisotopic (exact) mass is 372 g/mol. The van der Waals surface area contributed by atoms with Crippen LogP contribution in [0, 0.1) is 5.82 Å². The minimum atomic E-state index is -0.274. The molecule has 6 nitrogen and oxygen atoms in total. The van der Waals surface area contributed by atoms with Gasteiger partial charge in [0.15, 0.2) is 5.96 Å². The lowest BCUT2D eigenvalue weighted by molar-refractivity contribution is 0.0992. The van der Waals surface area contributed by atoms with Crippen molar-refractivity contribution in [3.05, 3.63) is 42.0 Å². The minimum absolute atomic E-state index is 0.274. The molecule has 3 unspecified atom stereocenters. The fourth-order valence-corrected chi connectivity index (χ4v) is 3.71. The van der Waals surface area contributed by atoms with Crippen molar-refractivity contribution in [2.75, 3.05) is 13.1 Å². The summed E-state index contributed by atoms with van der Waals surface area (Å²) in [6.45, 7) is 3.47. The number of aromatic nitrogens is 1. The molecule has 0 amide bonds. The fraction of sp³-hybridized carbons (Fsp3) is 0.500. The van der Waals surface area contributed by atoms with Gasteiger partial charge in [-0.05, 0) is 50.5 Å². The lowest BCUT2D eigenvalue weighted by atomic mass is 9.96. The molecule has 2 fully saturated rings. The average Bonchev–Trinajstić information content (AvgIpc) is 3.39. The maximum atomic E-state index is 13.0. The molecule has 27 heavy (non-hydrogen) atoms. The highest BCUT2D eigenvalue weighted by Gasteiger charge is 2.41. The third kappa shape index (κ3) is 4.30. The first-order valence-electron chi connectivity index (χ1n) is 9.62. The number of rotatable bonds is 6. The van der Waals surface area contributed by atoms with Crippen molar-refractivity contribution in [1.29, 1.82) is 0 Å². The number of benzene rings is 1. The molecule has 2 bridgehead atoms. The molecule has 4 rings (SSSR count). The number of oxazole rings is 1. The highest BCUT2D eigenvalue weighted by Crippen LogP contribution is 2.34. The predicted molar refractivity (Wildman–Crippen MR) is 101 cm³/mol. The first kappa shape index (κ1) is 18.0. The molecule has 0 saturated carbocycles. The largest absolute Gasteiger partial charge is 0.444 e. The van der Waals surface area contributed by atoms with Crippen LogP contribution < -0.4 is 10.6 Å². The second-order valence-electron chi connectivity index (χ2n) is 7.02. The van der Waals surface area contributed by atoms with Gasteiger partial charge >= 0.3 is 0 Å². The molecule has 2 aromatic rings. The van der Waals surface area contributed by atoms with Crippen LogP contribution in [0.25, 0.3) is 11.5 Å². The summed E-state index contributed by atoms with van der Waals surface area (Å²) < 4.78 is 24.4. The van der Waals surface area contributed by atoms with Crippen LogP contribution in [0.5, 0.6) is 0 Å². The molecule has 2 N–H and O–H groups in total. The van der Waals surface area contributed by atoms with E-state index in [1.165, 1.54) is 18.6 Å². The molecule has 2 aliphatic rings. The number of fused-ring (bicyclic) bond motifs is 2. The predicted octanol–water partition coefficient (Wildman–Crippen LogP) is 2.90. The number of ether oxygens (including phenoxy) is 1. The van der Waals surface area contributed by atoms with Crippen LogP contribution in [-0.2, 0) is 11.2 Å². The van der Waals surface area contributed by atoms with E-state index in [0.29, 0.717) is 37.1 Å². The van der Waals surface area contributed by atoms with E-state index in [4.69, 9.17) is 9.15 Å². The number of nitrogens with one attached hydrogen (secondary N) is 2. The molecule has 0 spiro atoms. The number of nitrogens with zero attached hydrogens (tertiary/aromatic N) is 2. The molecule has 7 heteroatoms. The van der Waals surface area contributed by atoms with Crippen molar-refractivity contribution in [3.8, 4) is 11.5 Å². The third-order valence-corrected chi connectivity index (χ3v) is 5.05. The number of hydrogen-bond donors (Lipinski definition) is 2. The van der Waals surface area contributed by atoms with E-state index >= 15 is 0 Å². The molecule has 1 aromatic carbocycles. The van der Waals surface area contributed by atoms with Gasteiger partial charge in [-0.15, -0.1) is 0 Å². The Bertz CT molecular complexity index is 790. The second-order valence-corrected chi connectivity index (χ2v) is 7.02. The van der Waals surface area contributed by atoms with E-state index in [1.807, 2.05) is 0 Å². The van der Waals surface area contributed by atoms with Gasteiger partial charge in [-0.1, -0.05) is 0 Å². The molecule has 2 saturated heterocycles. The molecule has 0 aliphatic carbocycles. The van der Waals surface area contributed by atoms with E-state index in [1.54, 1.807) is 18.4 Å². The smallest absolute Gasteiger partial charge is 0.226 e. The zero-order valence-electron chi connectivity index (χ0n) is 15.5. The summed E-state index contributed by atoms with van der Waals surface area (Å²) in [7, 11) is 0. The van der Waals surface area contributed by atoms with Gasteiger partial charge in [0.05, 0.1) is 23.9 Å². The van der Waals surface area contributed by atoms with Crippen molar-refractivity contribution in [2.45, 2.75) is 50.9 Å². The van der Waals surface area contributed by atoms with Crippen molar-refractivity contribution >= 4 is 5.96 Å². The standard InChI is InChI=1S/C20H25FN4O2/c1-2-22-20(25-17-11-16-7-8-18(17)27-16)23-10-9-15-12-26-19(24-15)13-3-5-14(21)6-4-13/h3-6,12,16-18H,2,7-11H2,1H3,(H2,22,23,25). The van der Waals surface area contributed by atoms with Crippen LogP contribution in [0.1, 0.15) is 31.9 Å². The summed E-state index contributed by atoms with van der Waals surface area (Å²) in [4.78, 5) is 9.13. The molecule has 3 atom stereocenters. The quantitative estimate of drug-likeness (QED) is 0.603. The van der Waals surface area contributed by atoms with Crippen LogP contribution in [0.3, 0.4) is 0 Å². The normalized spacial score (nSPS) is 24.4. The van der Waals surface area contributed by atoms with Gasteiger partial charge < -0.3 is 19.8 Å². The van der Waals surface area contributed by atoms with Crippen LogP contribution in [-0.4, -0.2) is 42.3 Å². The van der Waals surface area contributed by atoms with Gasteiger partial charge in [0.1, 0.15) is 12.1 Å². The summed E-state index contributed by atoms with van der Waals surface area (Å²) in [5, 5.41) is 6.80. The Morgan fingerprint density at radius 1 is 1.30 bits per heavy atom. The topological polar surface area (TPSA) is 71.7 Å². The molecule has 2 aliphatic heterocycles. The maximum absolute atomic E-state index is 13.0. The third-order valence-electron chi connectivity index (χ3n) is 5.05. The Morgan fingerprint density at radius 2 is 2.15 bits per heavy atom. The van der Waals surface area contributed by atoms with Gasteiger partial charge in [-0.25, -0.2) is 9.37 Å². The summed E-state index contributed by atoms with van der Waals surface area (Å²) >= 11 is 0. The Morgan fingerprint density at radius 3 is 2.85 bits per heavy atom. The Labute approximate surface area is 158 Å². The number of hydrogen-bond acceptors (Lipinski definition) is 4. The van der Waals surface area contributed by atoms with Crippen molar-refractivity contribution in [1.82, 2.24) is 15.6 Å². The van der Waals surface area contributed by atoms with Crippen LogP contribution in [0.15, 0.2) is 39.9 Å². The zero-order chi connectivity index (χ0) is 18.6. The second kappa shape index (κ2) is 8.08. The van der Waals surface area contributed by atoms with Crippen molar-refractivity contribution in [2.24, 2.45) is 4.99 Å². The van der Waals surface area contributed by atoms with Gasteiger partial charge in [0.2, 0.25) is 5.89 Å². The summed E-state index contributed by atoms with van der Waals surface area (Å²) in [5.41, 5.74) is 1.59. The lowest BCUT2D eigenvalue weighted by Crippen LogP contribution is -2.47. The zero-order valence-corrected chi connectivity index (χ0v) is 15.5. The first-order chi connectivity index (χ1) is 13.2. The maximum Gasteiger partial charge on any atom is 0.226 e. The van der Waals surface area contributed by atoms with Crippen molar-refractivity contribution < 1.29 is 13.5 Å². The Hall–Kier alpha value is -2.41. The molecular weight excluding hydrogens is 347 g/mol. The van der Waals surface area contributed by atoms with Gasteiger partial charge in [-0.3, -0.25) is 4.99 Å². The molecule has 144 valence electrons. The first-order valence-corrected chi connectivity index (χ1v) is 9.62. The minimum Gasteiger partial charge on any atom is -0.444 e. The highest BCUT2D eigenvalue weighted by atomic mass is 19.1. The molecule has 1 aromatic heterocycles. The number of guanidine groups is 1. The van der Waals surface area contributed by atoms with Gasteiger partial charge in [0.25, 0.3) is 0 Å². The Kier molecular flexibility index (Phi) is 5.38. The van der Waals surface area contributed by atoms with Crippen LogP contribution in [0.2, 0.25) is 0 Å². The number of halogens is 1. The lowest BCUT2D eigenvalue weighted by Gasteiger charge is -2.22. The van der Waals surface area contributed by atoms with Crippen molar-refractivity contribution in [3.63, 3.8) is 0 Å². The summed E-state index contributed by atoms with van der Waals surface area (Å²) in [6, 6.07) is 6.47. The van der Waals surface area contributed by atoms with E-state index in [2.05, 4.69) is 27.5 Å². The van der Waals surface area contributed by atoms with Crippen LogP contribution in [0.4, 0.5) is 4.39 Å². The summed E-state index contributed by atoms with van der Waals surface area (Å²) in [6.07, 6.45) is 6.40. The fourth-order valence-electron chi connectivity index (χ4n) is 3.71. The van der Waals surface area contributed by atoms with E-state index in [9.17, 15) is 4.39 Å². The average molecular weight is 372 g/mol.